The molecule has 5 aromatic carbocycles. The van der Waals surface area contributed by atoms with Crippen molar-refractivity contribution < 1.29 is 4.70 Å². The Bertz CT molecular complexity index is 1710. The van der Waals surface area contributed by atoms with E-state index < -0.39 is 0 Å². The minimum Gasteiger partial charge on any atom is -0.0909 e. The molecule has 0 unspecified atom stereocenters. The first-order valence-corrected chi connectivity index (χ1v) is 16.2. The zero-order valence-corrected chi connectivity index (χ0v) is 26.8. The molecule has 222 valence electrons. The fourth-order valence-corrected chi connectivity index (χ4v) is 5.81. The average molecular weight is 578 g/mol. The zero-order valence-electron chi connectivity index (χ0n) is 26.8. The SMILES string of the molecule is CCCCc1cc(N=[N+](C)C(C)=Cc2cc(CCCC)c(-c3ccccc3)c(-c3ccccc3)c2)cc(-c2ccccc2)c1. The molecule has 2 heteroatoms. The number of unbranched alkanes of at least 4 members (excludes halogenated alkanes) is 2. The van der Waals surface area contributed by atoms with Gasteiger partial charge in [-0.1, -0.05) is 135 Å². The summed E-state index contributed by atoms with van der Waals surface area (Å²) in [4.78, 5) is 0. The van der Waals surface area contributed by atoms with E-state index in [0.29, 0.717) is 0 Å². The van der Waals surface area contributed by atoms with Crippen LogP contribution >= 0.6 is 0 Å². The Kier molecular flexibility index (Phi) is 10.7. The van der Waals surface area contributed by atoms with Crippen LogP contribution in [0, 0.1) is 0 Å². The maximum Gasteiger partial charge on any atom is 0.205 e. The number of hydrogen-bond donors (Lipinski definition) is 0. The molecule has 44 heavy (non-hydrogen) atoms. The van der Waals surface area contributed by atoms with Gasteiger partial charge in [-0.25, -0.2) is 0 Å². The van der Waals surface area contributed by atoms with Crippen molar-refractivity contribution in [3.8, 4) is 33.4 Å². The van der Waals surface area contributed by atoms with E-state index in [1.165, 1.54) is 62.9 Å². The Labute approximate surface area is 264 Å². The van der Waals surface area contributed by atoms with Gasteiger partial charge >= 0.3 is 0 Å². The number of rotatable bonds is 12. The van der Waals surface area contributed by atoms with E-state index in [9.17, 15) is 0 Å². The molecule has 0 radical (unpaired) electrons. The van der Waals surface area contributed by atoms with E-state index in [1.54, 1.807) is 0 Å². The lowest BCUT2D eigenvalue weighted by molar-refractivity contribution is -0.510. The van der Waals surface area contributed by atoms with Crippen molar-refractivity contribution in [3.05, 3.63) is 144 Å². The number of nitrogens with zero attached hydrogens (tertiary/aromatic N) is 2. The van der Waals surface area contributed by atoms with Crippen LogP contribution < -0.4 is 0 Å². The molecule has 5 aromatic rings. The van der Waals surface area contributed by atoms with Gasteiger partial charge in [-0.2, -0.15) is 0 Å². The van der Waals surface area contributed by atoms with E-state index in [2.05, 4.69) is 155 Å². The zero-order chi connectivity index (χ0) is 30.7. The van der Waals surface area contributed by atoms with Crippen LogP contribution in [0.4, 0.5) is 5.69 Å². The van der Waals surface area contributed by atoms with Crippen molar-refractivity contribution in [3.63, 3.8) is 0 Å². The van der Waals surface area contributed by atoms with Crippen molar-refractivity contribution in [2.24, 2.45) is 5.11 Å². The topological polar surface area (TPSA) is 15.4 Å². The van der Waals surface area contributed by atoms with E-state index in [4.69, 9.17) is 5.11 Å². The van der Waals surface area contributed by atoms with E-state index in [1.807, 2.05) is 4.70 Å². The van der Waals surface area contributed by atoms with E-state index in [0.717, 1.165) is 37.1 Å². The molecule has 0 amide bonds. The van der Waals surface area contributed by atoms with Crippen LogP contribution in [-0.4, -0.2) is 11.7 Å². The van der Waals surface area contributed by atoms with Crippen molar-refractivity contribution >= 4 is 11.8 Å². The molecule has 0 fully saturated rings. The molecular formula is C42H45N2+. The number of azo groups is 2. The summed E-state index contributed by atoms with van der Waals surface area (Å²) in [6.07, 6.45) is 9.07. The fraction of sp³-hybridized carbons (Fsp3) is 0.238. The minimum absolute atomic E-state index is 0.987. The number of allylic oxidation sites excluding steroid dienone is 1. The monoisotopic (exact) mass is 577 g/mol. The average Bonchev–Trinajstić information content (AvgIpc) is 3.07. The lowest BCUT2D eigenvalue weighted by Gasteiger charge is -2.17. The predicted octanol–water partition coefficient (Wildman–Crippen LogP) is 12.2. The van der Waals surface area contributed by atoms with Gasteiger partial charge in [0.25, 0.3) is 0 Å². The van der Waals surface area contributed by atoms with Crippen molar-refractivity contribution in [2.45, 2.75) is 59.3 Å². The Hall–Kier alpha value is -4.56. The maximum atomic E-state index is 5.09. The number of hydrogen-bond acceptors (Lipinski definition) is 1. The summed E-state index contributed by atoms with van der Waals surface area (Å²) in [7, 11) is 2.06. The summed E-state index contributed by atoms with van der Waals surface area (Å²) in [5.41, 5.74) is 13.6. The van der Waals surface area contributed by atoms with Crippen LogP contribution in [0.3, 0.4) is 0 Å². The van der Waals surface area contributed by atoms with E-state index in [-0.39, 0.29) is 0 Å². The molecule has 0 N–H and O–H groups in total. The highest BCUT2D eigenvalue weighted by Crippen LogP contribution is 2.37. The summed E-state index contributed by atoms with van der Waals surface area (Å²) >= 11 is 0. The third-order valence-electron chi connectivity index (χ3n) is 8.24. The Balaban J connectivity index is 1.57. The molecular weight excluding hydrogens is 532 g/mol. The summed E-state index contributed by atoms with van der Waals surface area (Å²) < 4.78 is 2.02. The third-order valence-corrected chi connectivity index (χ3v) is 8.24. The number of benzene rings is 5. The lowest BCUT2D eigenvalue weighted by Crippen LogP contribution is -2.00. The second kappa shape index (κ2) is 15.3. The van der Waals surface area contributed by atoms with Crippen LogP contribution in [0.15, 0.2) is 132 Å². The minimum atomic E-state index is 0.987. The molecule has 0 bridgehead atoms. The van der Waals surface area contributed by atoms with Crippen molar-refractivity contribution in [2.75, 3.05) is 7.05 Å². The van der Waals surface area contributed by atoms with Crippen LogP contribution in [0.5, 0.6) is 0 Å². The van der Waals surface area contributed by atoms with Gasteiger partial charge in [0, 0.05) is 13.0 Å². The molecule has 0 saturated heterocycles. The van der Waals surface area contributed by atoms with Crippen molar-refractivity contribution in [1.29, 1.82) is 0 Å². The molecule has 0 spiro atoms. The second-order valence-electron chi connectivity index (χ2n) is 11.7. The standard InChI is InChI=1S/C42H45N2/c1-5-7-18-33-27-39(35-20-12-9-13-21-35)31-40(29-33)43-44(4)32(3)26-34-28-38(19-8-6-2)42(37-24-16-11-17-25-37)41(30-34)36-22-14-10-15-23-36/h9-17,20-31H,5-8,18-19H2,1-4H3/q+1. The molecule has 0 aliphatic carbocycles. The van der Waals surface area contributed by atoms with E-state index >= 15 is 0 Å². The first-order chi connectivity index (χ1) is 21.6. The van der Waals surface area contributed by atoms with Gasteiger partial charge in [0.2, 0.25) is 5.70 Å². The molecule has 0 aliphatic heterocycles. The van der Waals surface area contributed by atoms with Crippen LogP contribution in [0.25, 0.3) is 39.5 Å². The third kappa shape index (κ3) is 7.88. The Morgan fingerprint density at radius 2 is 1.23 bits per heavy atom. The summed E-state index contributed by atoms with van der Waals surface area (Å²) in [5, 5.41) is 5.09. The highest BCUT2D eigenvalue weighted by Gasteiger charge is 2.16. The van der Waals surface area contributed by atoms with Gasteiger partial charge in [0.1, 0.15) is 5.69 Å². The van der Waals surface area contributed by atoms with Gasteiger partial charge < -0.3 is 0 Å². The Morgan fingerprint density at radius 1 is 0.636 bits per heavy atom. The highest BCUT2D eigenvalue weighted by atomic mass is 15.2. The molecule has 5 rings (SSSR count). The van der Waals surface area contributed by atoms with Gasteiger partial charge in [0.05, 0.1) is 0 Å². The Morgan fingerprint density at radius 3 is 1.86 bits per heavy atom. The molecule has 2 nitrogen and oxygen atoms in total. The van der Waals surface area contributed by atoms with Gasteiger partial charge in [-0.3, -0.25) is 0 Å². The first kappa shape index (κ1) is 30.9. The first-order valence-electron chi connectivity index (χ1n) is 16.2. The highest BCUT2D eigenvalue weighted by molar-refractivity contribution is 5.87. The van der Waals surface area contributed by atoms with Gasteiger partial charge in [-0.05, 0) is 99.1 Å². The quantitative estimate of drug-likeness (QED) is 0.103. The summed E-state index contributed by atoms with van der Waals surface area (Å²) in [5.74, 6) is 0. The summed E-state index contributed by atoms with van der Waals surface area (Å²) in [6.45, 7) is 6.67. The lowest BCUT2D eigenvalue weighted by atomic mass is 9.86. The summed E-state index contributed by atoms with van der Waals surface area (Å²) in [6, 6.07) is 43.8. The van der Waals surface area contributed by atoms with Gasteiger partial charge in [-0.15, -0.1) is 0 Å². The normalized spacial score (nSPS) is 12.0. The smallest absolute Gasteiger partial charge is 0.0909 e. The second-order valence-corrected chi connectivity index (χ2v) is 11.7. The predicted molar refractivity (Wildman–Crippen MR) is 188 cm³/mol. The maximum absolute atomic E-state index is 5.09. The molecule has 0 aliphatic rings. The fourth-order valence-electron chi connectivity index (χ4n) is 5.81. The van der Waals surface area contributed by atoms with Gasteiger partial charge in [0.15, 0.2) is 7.05 Å². The van der Waals surface area contributed by atoms with Crippen molar-refractivity contribution in [1.82, 2.24) is 0 Å². The molecule has 0 heterocycles. The largest absolute Gasteiger partial charge is 0.205 e. The molecule has 0 saturated carbocycles. The molecule has 0 atom stereocenters. The molecule has 0 aromatic heterocycles. The van der Waals surface area contributed by atoms with Crippen LogP contribution in [0.2, 0.25) is 0 Å². The van der Waals surface area contributed by atoms with Crippen LogP contribution in [-0.2, 0) is 12.8 Å². The number of aryl methyl sites for hydroxylation is 2. The van der Waals surface area contributed by atoms with Crippen LogP contribution in [0.1, 0.15) is 63.1 Å².